The number of hydrogen-bond donors (Lipinski definition) is 3. The van der Waals surface area contributed by atoms with E-state index in [9.17, 15) is 36.6 Å². The van der Waals surface area contributed by atoms with Gasteiger partial charge in [0.25, 0.3) is 11.8 Å². The summed E-state index contributed by atoms with van der Waals surface area (Å²) in [7, 11) is 0. The summed E-state index contributed by atoms with van der Waals surface area (Å²) in [4.78, 5) is 29.5. The highest BCUT2D eigenvalue weighted by molar-refractivity contribution is 6.29. The number of carbonyl (C=O) groups excluding carboxylic acids is 1. The molecule has 0 aromatic carbocycles. The lowest BCUT2D eigenvalue weighted by atomic mass is 9.93. The topological polar surface area (TPSA) is 104 Å². The molecule has 202 valence electrons. The van der Waals surface area contributed by atoms with Crippen LogP contribution in [0.5, 0.6) is 0 Å². The van der Waals surface area contributed by atoms with Gasteiger partial charge < -0.3 is 20.5 Å². The minimum atomic E-state index is -4.36. The number of fused-ring (bicyclic) bond motifs is 1. The maximum atomic E-state index is 14.3. The van der Waals surface area contributed by atoms with Crippen LogP contribution in [-0.2, 0) is 9.53 Å². The first-order valence-electron chi connectivity index (χ1n) is 11.1. The van der Waals surface area contributed by atoms with Gasteiger partial charge in [0, 0.05) is 31.2 Å². The Labute approximate surface area is 213 Å². The van der Waals surface area contributed by atoms with Crippen LogP contribution >= 0.6 is 11.6 Å². The molecule has 37 heavy (non-hydrogen) atoms. The van der Waals surface area contributed by atoms with Crippen LogP contribution in [0.25, 0.3) is 0 Å². The molecular weight excluding hydrogens is 527 g/mol. The minimum absolute atomic E-state index is 0.00444. The van der Waals surface area contributed by atoms with Crippen molar-refractivity contribution in [2.75, 3.05) is 11.9 Å². The van der Waals surface area contributed by atoms with Crippen molar-refractivity contribution in [3.63, 3.8) is 0 Å². The van der Waals surface area contributed by atoms with E-state index in [2.05, 4.69) is 15.6 Å². The fourth-order valence-corrected chi connectivity index (χ4v) is 3.91. The molecular formula is C23H24ClF5N4O4. The summed E-state index contributed by atoms with van der Waals surface area (Å²) in [5.41, 5.74) is -0.620. The van der Waals surface area contributed by atoms with Gasteiger partial charge in [0.15, 0.2) is 11.6 Å². The molecule has 1 unspecified atom stereocenters. The van der Waals surface area contributed by atoms with E-state index >= 15 is 0 Å². The van der Waals surface area contributed by atoms with Gasteiger partial charge in [0.05, 0.1) is 17.9 Å². The Morgan fingerprint density at radius 1 is 1.32 bits per heavy atom. The normalized spacial score (nSPS) is 19.0. The van der Waals surface area contributed by atoms with E-state index in [0.29, 0.717) is 6.92 Å². The van der Waals surface area contributed by atoms with E-state index in [1.807, 2.05) is 0 Å². The van der Waals surface area contributed by atoms with Crippen molar-refractivity contribution in [2.24, 2.45) is 0 Å². The molecule has 1 aromatic heterocycles. The number of carboxylic acids is 1. The standard InChI is InChI=1S/C23H24ClF5N4O4/c1-11-19(37-8-4-7-23(27,28)29)32-18-14(9-13(22(3,25)26)10-33(18)20(11)34)12(2)30-15-5-6-16(24)31-17(15)21(35)36/h5-6,9-10,12,18,30,32H,4,7-8H2,1-3H3,(H,35,36)/t12-,18?/m1/s1. The van der Waals surface area contributed by atoms with Crippen LogP contribution < -0.4 is 10.6 Å². The summed E-state index contributed by atoms with van der Waals surface area (Å²) in [6.07, 6.45) is -4.67. The second kappa shape index (κ2) is 10.6. The number of aromatic carboxylic acids is 1. The zero-order chi connectivity index (χ0) is 27.7. The fraction of sp³-hybridized carbons (Fsp3) is 0.435. The van der Waals surface area contributed by atoms with Crippen LogP contribution in [0.15, 0.2) is 47.0 Å². The Morgan fingerprint density at radius 3 is 2.59 bits per heavy atom. The molecule has 3 heterocycles. The van der Waals surface area contributed by atoms with Crippen molar-refractivity contribution in [2.45, 2.75) is 57.9 Å². The third kappa shape index (κ3) is 6.70. The second-order valence-electron chi connectivity index (χ2n) is 8.60. The number of carboxylic acid groups (broad SMARTS) is 1. The van der Waals surface area contributed by atoms with E-state index in [1.165, 1.54) is 25.1 Å². The number of ether oxygens (including phenoxy) is 1. The number of pyridine rings is 1. The minimum Gasteiger partial charge on any atom is -0.479 e. The van der Waals surface area contributed by atoms with Crippen LogP contribution in [0.3, 0.4) is 0 Å². The Balaban J connectivity index is 1.92. The Morgan fingerprint density at radius 2 is 2.00 bits per heavy atom. The fourth-order valence-electron chi connectivity index (χ4n) is 3.76. The van der Waals surface area contributed by atoms with Crippen molar-refractivity contribution in [3.8, 4) is 0 Å². The Hall–Kier alpha value is -3.35. The van der Waals surface area contributed by atoms with E-state index in [0.717, 1.165) is 11.1 Å². The Kier molecular flexibility index (Phi) is 8.06. The molecule has 0 spiro atoms. The molecule has 0 saturated carbocycles. The van der Waals surface area contributed by atoms with Crippen LogP contribution in [0.2, 0.25) is 5.15 Å². The third-order valence-corrected chi connectivity index (χ3v) is 5.86. The molecule has 0 aliphatic carbocycles. The molecule has 0 fully saturated rings. The van der Waals surface area contributed by atoms with Gasteiger partial charge in [-0.1, -0.05) is 11.6 Å². The molecule has 1 amide bonds. The van der Waals surface area contributed by atoms with Crippen LogP contribution in [0, 0.1) is 0 Å². The monoisotopic (exact) mass is 550 g/mol. The highest BCUT2D eigenvalue weighted by atomic mass is 35.5. The van der Waals surface area contributed by atoms with Crippen LogP contribution in [0.1, 0.15) is 44.1 Å². The molecule has 14 heteroatoms. The number of amides is 1. The van der Waals surface area contributed by atoms with Crippen molar-refractivity contribution >= 4 is 29.2 Å². The van der Waals surface area contributed by atoms with Crippen molar-refractivity contribution in [1.29, 1.82) is 0 Å². The number of allylic oxidation sites excluding steroid dienone is 2. The molecule has 2 aliphatic rings. The molecule has 2 aliphatic heterocycles. The molecule has 0 bridgehead atoms. The lowest BCUT2D eigenvalue weighted by Gasteiger charge is -2.42. The van der Waals surface area contributed by atoms with Crippen molar-refractivity contribution in [3.05, 3.63) is 57.9 Å². The molecule has 1 aromatic rings. The summed E-state index contributed by atoms with van der Waals surface area (Å²) >= 11 is 5.79. The van der Waals surface area contributed by atoms with Gasteiger partial charge >= 0.3 is 12.1 Å². The summed E-state index contributed by atoms with van der Waals surface area (Å²) in [6, 6.07) is 1.88. The van der Waals surface area contributed by atoms with E-state index in [4.69, 9.17) is 16.3 Å². The zero-order valence-electron chi connectivity index (χ0n) is 19.9. The number of anilines is 1. The first-order chi connectivity index (χ1) is 17.1. The zero-order valence-corrected chi connectivity index (χ0v) is 20.7. The largest absolute Gasteiger partial charge is 0.479 e. The molecule has 0 radical (unpaired) electrons. The average Bonchev–Trinajstić information content (AvgIpc) is 2.78. The van der Waals surface area contributed by atoms with E-state index < -0.39 is 53.9 Å². The average molecular weight is 551 g/mol. The number of nitrogens with one attached hydrogen (secondary N) is 2. The van der Waals surface area contributed by atoms with Crippen LogP contribution in [0.4, 0.5) is 27.6 Å². The van der Waals surface area contributed by atoms with E-state index in [1.54, 1.807) is 6.92 Å². The molecule has 3 rings (SSSR count). The number of aromatic nitrogens is 1. The lowest BCUT2D eigenvalue weighted by molar-refractivity contribution is -0.138. The number of alkyl halides is 5. The first kappa shape index (κ1) is 28.2. The van der Waals surface area contributed by atoms with Crippen molar-refractivity contribution < 1.29 is 41.4 Å². The molecule has 8 nitrogen and oxygen atoms in total. The van der Waals surface area contributed by atoms with Crippen molar-refractivity contribution in [1.82, 2.24) is 15.2 Å². The van der Waals surface area contributed by atoms with E-state index in [-0.39, 0.29) is 40.9 Å². The summed E-state index contributed by atoms with van der Waals surface area (Å²) < 4.78 is 71.4. The second-order valence-corrected chi connectivity index (χ2v) is 8.99. The Bertz CT molecular complexity index is 1180. The highest BCUT2D eigenvalue weighted by Gasteiger charge is 2.41. The summed E-state index contributed by atoms with van der Waals surface area (Å²) in [5, 5.41) is 15.2. The van der Waals surface area contributed by atoms with Gasteiger partial charge in [-0.3, -0.25) is 9.69 Å². The number of hydrogen-bond acceptors (Lipinski definition) is 6. The predicted octanol–water partition coefficient (Wildman–Crippen LogP) is 5.06. The maximum absolute atomic E-state index is 14.3. The predicted molar refractivity (Wildman–Crippen MR) is 124 cm³/mol. The van der Waals surface area contributed by atoms with Gasteiger partial charge in [-0.15, -0.1) is 0 Å². The molecule has 0 saturated heterocycles. The summed E-state index contributed by atoms with van der Waals surface area (Å²) in [5.74, 6) is -5.47. The van der Waals surface area contributed by atoms with Gasteiger partial charge in [-0.25, -0.2) is 18.6 Å². The maximum Gasteiger partial charge on any atom is 0.389 e. The number of nitrogens with zero attached hydrogens (tertiary/aromatic N) is 2. The first-order valence-corrected chi connectivity index (χ1v) is 11.4. The molecule has 2 atom stereocenters. The van der Waals surface area contributed by atoms with Gasteiger partial charge in [0.2, 0.25) is 0 Å². The number of rotatable bonds is 9. The van der Waals surface area contributed by atoms with Gasteiger partial charge in [0.1, 0.15) is 11.3 Å². The molecule has 3 N–H and O–H groups in total. The highest BCUT2D eigenvalue weighted by Crippen LogP contribution is 2.35. The lowest BCUT2D eigenvalue weighted by Crippen LogP contribution is -2.55. The summed E-state index contributed by atoms with van der Waals surface area (Å²) in [6.45, 7) is 3.25. The number of halogens is 6. The number of carbonyl (C=O) groups is 2. The smallest absolute Gasteiger partial charge is 0.389 e. The quantitative estimate of drug-likeness (QED) is 0.224. The van der Waals surface area contributed by atoms with Gasteiger partial charge in [-0.05, 0) is 44.1 Å². The van der Waals surface area contributed by atoms with Gasteiger partial charge in [-0.2, -0.15) is 13.2 Å². The third-order valence-electron chi connectivity index (χ3n) is 5.65. The SMILES string of the molecule is CC1=C(OCCCC(F)(F)F)NC2C([C@@H](C)Nc3ccc(Cl)nc3C(=O)O)=CC(C(C)(F)F)=CN2C1=O. The van der Waals surface area contributed by atoms with Crippen LogP contribution in [-0.4, -0.2) is 57.8 Å².